The molecular formula is C48H63N7O17S. The number of rotatable bonds is 35. The molecule has 0 radical (unpaired) electrons. The van der Waals surface area contributed by atoms with Crippen molar-refractivity contribution in [2.75, 3.05) is 27.7 Å². The zero-order valence-corrected chi connectivity index (χ0v) is 41.4. The number of Topliss-reactive ketones (excluding diaryl/α,β-unsaturated/α-hetero) is 2. The molecule has 0 heterocycles. The van der Waals surface area contributed by atoms with Gasteiger partial charge in [-0.25, -0.2) is 14.4 Å². The number of benzene rings is 2. The van der Waals surface area contributed by atoms with Gasteiger partial charge in [0.25, 0.3) is 6.47 Å². The molecule has 0 aliphatic heterocycles. The highest BCUT2D eigenvalue weighted by Crippen LogP contribution is 2.18. The Balaban J connectivity index is 2.16. The lowest BCUT2D eigenvalue weighted by Crippen LogP contribution is -2.56. The van der Waals surface area contributed by atoms with Gasteiger partial charge >= 0.3 is 29.9 Å². The number of aliphatic carboxylic acids is 4. The number of hydrogen-bond donors (Lipinski definition) is 10. The van der Waals surface area contributed by atoms with Gasteiger partial charge in [-0.1, -0.05) is 60.7 Å². The van der Waals surface area contributed by atoms with Crippen molar-refractivity contribution in [1.29, 1.82) is 0 Å². The Morgan fingerprint density at radius 2 is 1.29 bits per heavy atom. The molecule has 398 valence electrons. The first-order valence-electron chi connectivity index (χ1n) is 22.9. The Morgan fingerprint density at radius 3 is 1.82 bits per heavy atom. The number of amides is 6. The maximum atomic E-state index is 14.2. The lowest BCUT2D eigenvalue weighted by atomic mass is 9.89. The molecule has 0 saturated heterocycles. The van der Waals surface area contributed by atoms with Gasteiger partial charge in [-0.05, 0) is 55.7 Å². The summed E-state index contributed by atoms with van der Waals surface area (Å²) in [5, 5.41) is 50.8. The first-order chi connectivity index (χ1) is 34.6. The number of likely N-dealkylation sites (N-methyl/N-ethyl adjacent to an activating group) is 3. The maximum absolute atomic E-state index is 14.2. The van der Waals surface area contributed by atoms with E-state index < -0.39 is 121 Å². The smallest absolute Gasteiger partial charge is 0.353 e. The third-order valence-electron chi connectivity index (χ3n) is 11.3. The summed E-state index contributed by atoms with van der Waals surface area (Å²) in [5.41, 5.74) is 0.800. The summed E-state index contributed by atoms with van der Waals surface area (Å²) >= 11 is 3.82. The molecule has 2 unspecified atom stereocenters. The highest BCUT2D eigenvalue weighted by atomic mass is 32.1. The van der Waals surface area contributed by atoms with Crippen LogP contribution in [0.25, 0.3) is 0 Å². The summed E-state index contributed by atoms with van der Waals surface area (Å²) in [5.74, 6) is -10.6. The van der Waals surface area contributed by atoms with Crippen molar-refractivity contribution >= 4 is 84.2 Å². The van der Waals surface area contributed by atoms with Crippen LogP contribution in [0.2, 0.25) is 0 Å². The number of ether oxygens (including phenoxy) is 1. The third-order valence-corrected chi connectivity index (χ3v) is 11.6. The second kappa shape index (κ2) is 32.3. The molecule has 0 aromatic heterocycles. The van der Waals surface area contributed by atoms with Crippen molar-refractivity contribution in [3.8, 4) is 0 Å². The SMILES string of the molecule is CNC(CNC(=O)[C@@H](CC(=O)[C@H](Cc1ccccc1)NC(=O)CCCCC(=O)CC[C@H](NC(=O)N[C@@H](CCC(=O)O)OC=O)C(=O)O)Cc1ccccc1)C(=O)N(C)C(CC(=O)O)C(=O)N(C)C(=CS)C(=O)O. The van der Waals surface area contributed by atoms with Gasteiger partial charge in [0, 0.05) is 58.7 Å². The highest BCUT2D eigenvalue weighted by Gasteiger charge is 2.37. The topological polar surface area (TPSA) is 362 Å². The summed E-state index contributed by atoms with van der Waals surface area (Å²) in [6.07, 6.45) is -3.57. The Labute approximate surface area is 426 Å². The number of hydrogen-bond acceptors (Lipinski definition) is 15. The van der Waals surface area contributed by atoms with Crippen LogP contribution in [0, 0.1) is 5.92 Å². The molecule has 0 saturated carbocycles. The van der Waals surface area contributed by atoms with E-state index in [1.807, 2.05) is 0 Å². The van der Waals surface area contributed by atoms with Crippen molar-refractivity contribution < 1.29 is 82.7 Å². The van der Waals surface area contributed by atoms with E-state index in [2.05, 4.69) is 43.9 Å². The molecule has 0 bridgehead atoms. The molecule has 0 aliphatic carbocycles. The molecule has 6 amide bonds. The van der Waals surface area contributed by atoms with Crippen molar-refractivity contribution in [3.05, 3.63) is 82.9 Å². The van der Waals surface area contributed by atoms with Gasteiger partial charge in [-0.15, -0.1) is 12.6 Å². The zero-order chi connectivity index (χ0) is 54.6. The van der Waals surface area contributed by atoms with E-state index >= 15 is 0 Å². The normalized spacial score (nSPS) is 13.5. The van der Waals surface area contributed by atoms with Crippen LogP contribution >= 0.6 is 12.6 Å². The molecule has 73 heavy (non-hydrogen) atoms. The van der Waals surface area contributed by atoms with Gasteiger partial charge in [0.05, 0.1) is 18.9 Å². The van der Waals surface area contributed by atoms with Gasteiger partial charge in [0.1, 0.15) is 29.6 Å². The quantitative estimate of drug-likeness (QED) is 0.0151. The average Bonchev–Trinajstić information content (AvgIpc) is 3.34. The maximum Gasteiger partial charge on any atom is 0.353 e. The van der Waals surface area contributed by atoms with Gasteiger partial charge in [-0.3, -0.25) is 43.2 Å². The number of carboxylic acids is 4. The van der Waals surface area contributed by atoms with E-state index in [1.54, 1.807) is 60.7 Å². The number of carbonyl (C=O) groups excluding carboxylic acids is 8. The van der Waals surface area contributed by atoms with Crippen molar-refractivity contribution in [3.63, 3.8) is 0 Å². The molecule has 9 N–H and O–H groups in total. The molecule has 2 rings (SSSR count). The van der Waals surface area contributed by atoms with E-state index in [-0.39, 0.29) is 76.5 Å². The molecule has 0 spiro atoms. The van der Waals surface area contributed by atoms with Crippen molar-refractivity contribution in [2.45, 2.75) is 107 Å². The first-order valence-corrected chi connectivity index (χ1v) is 23.4. The summed E-state index contributed by atoms with van der Waals surface area (Å²) < 4.78 is 4.62. The Kier molecular flexibility index (Phi) is 27.2. The summed E-state index contributed by atoms with van der Waals surface area (Å²) in [4.78, 5) is 152. The first kappa shape index (κ1) is 61.4. The molecule has 2 aromatic carbocycles. The van der Waals surface area contributed by atoms with Gasteiger partial charge in [0.15, 0.2) is 12.0 Å². The largest absolute Gasteiger partial charge is 0.481 e. The standard InChI is InChI=1S/C48H63N7O17S/c1-49-35(44(65)54(2)36(25-42(62)63)45(66)55(3)37(27-73)47(69)70)26-50-43(64)31(22-29-12-6-4-7-13-29)24-38(58)34(23-30-14-8-5-9-15-30)51-39(59)17-11-10-16-32(57)18-19-33(46(67)68)52-48(71)53-40(72-28-56)20-21-41(60)61/h4-9,12-15,27-28,31,33-36,40,49,73H,10-11,16-26H2,1-3H3,(H,50,64)(H,51,59)(H,60,61)(H,62,63)(H,67,68)(H,69,70)(H2,52,53,71)/t31-,33+,34+,35?,36?,40-/m1/s1. The van der Waals surface area contributed by atoms with E-state index in [4.69, 9.17) is 5.11 Å². The Bertz CT molecular complexity index is 2280. The fraction of sp³-hybridized carbons (Fsp3) is 0.458. The van der Waals surface area contributed by atoms with Crippen LogP contribution in [-0.4, -0.2) is 160 Å². The predicted molar refractivity (Wildman–Crippen MR) is 261 cm³/mol. The monoisotopic (exact) mass is 1040 g/mol. The van der Waals surface area contributed by atoms with Crippen LogP contribution < -0.4 is 26.6 Å². The Hall–Kier alpha value is -7.67. The second-order valence-corrected chi connectivity index (χ2v) is 16.9. The molecule has 0 aliphatic rings. The van der Waals surface area contributed by atoms with Crippen LogP contribution in [0.3, 0.4) is 0 Å². The van der Waals surface area contributed by atoms with Crippen LogP contribution in [0.5, 0.6) is 0 Å². The fourth-order valence-corrected chi connectivity index (χ4v) is 7.57. The molecular weight excluding hydrogens is 979 g/mol. The van der Waals surface area contributed by atoms with E-state index in [9.17, 15) is 72.9 Å². The average molecular weight is 1040 g/mol. The molecule has 25 heteroatoms. The number of thiol groups is 1. The van der Waals surface area contributed by atoms with Crippen molar-refractivity contribution in [2.24, 2.45) is 5.92 Å². The van der Waals surface area contributed by atoms with Crippen LogP contribution in [0.15, 0.2) is 71.8 Å². The molecule has 24 nitrogen and oxygen atoms in total. The van der Waals surface area contributed by atoms with E-state index in [0.29, 0.717) is 16.0 Å². The molecule has 0 fully saturated rings. The number of nitrogens with zero attached hydrogens (tertiary/aromatic N) is 2. The van der Waals surface area contributed by atoms with Crippen LogP contribution in [0.4, 0.5) is 4.79 Å². The number of unbranched alkanes of at least 4 members (excludes halogenated alkanes) is 1. The highest BCUT2D eigenvalue weighted by molar-refractivity contribution is 7.83. The lowest BCUT2D eigenvalue weighted by molar-refractivity contribution is -0.150. The number of carbonyl (C=O) groups is 12. The zero-order valence-electron chi connectivity index (χ0n) is 40.5. The minimum absolute atomic E-state index is 0.0102. The summed E-state index contributed by atoms with van der Waals surface area (Å²) in [6, 6.07) is 10.9. The van der Waals surface area contributed by atoms with Crippen molar-refractivity contribution in [1.82, 2.24) is 36.4 Å². The second-order valence-electron chi connectivity index (χ2n) is 16.7. The number of carboxylic acid groups (broad SMARTS) is 4. The minimum Gasteiger partial charge on any atom is -0.481 e. The number of nitrogens with one attached hydrogen (secondary N) is 5. The van der Waals surface area contributed by atoms with Gasteiger partial charge < -0.3 is 61.5 Å². The summed E-state index contributed by atoms with van der Waals surface area (Å²) in [6.45, 7) is -0.402. The number of urea groups is 1. The van der Waals surface area contributed by atoms with E-state index in [1.165, 1.54) is 7.05 Å². The van der Waals surface area contributed by atoms with Crippen LogP contribution in [0.1, 0.15) is 75.3 Å². The van der Waals surface area contributed by atoms with Gasteiger partial charge in [0.2, 0.25) is 23.6 Å². The van der Waals surface area contributed by atoms with Crippen LogP contribution in [-0.2, 0) is 70.3 Å². The Morgan fingerprint density at radius 1 is 0.685 bits per heavy atom. The fourth-order valence-electron chi connectivity index (χ4n) is 7.28. The lowest BCUT2D eigenvalue weighted by Gasteiger charge is -2.32. The number of ketones is 2. The summed E-state index contributed by atoms with van der Waals surface area (Å²) in [7, 11) is 3.62. The predicted octanol–water partition coefficient (Wildman–Crippen LogP) is 0.878. The molecule has 2 aromatic rings. The third kappa shape index (κ3) is 22.5. The van der Waals surface area contributed by atoms with Gasteiger partial charge in [-0.2, -0.15) is 0 Å². The van der Waals surface area contributed by atoms with E-state index in [0.717, 1.165) is 24.4 Å². The minimum atomic E-state index is -1.67. The molecule has 6 atom stereocenters.